The normalized spacial score (nSPS) is 26.1. The summed E-state index contributed by atoms with van der Waals surface area (Å²) in [6.07, 6.45) is 5.97. The molecule has 0 saturated heterocycles. The van der Waals surface area contributed by atoms with Crippen LogP contribution in [-0.2, 0) is 5.60 Å². The highest BCUT2D eigenvalue weighted by molar-refractivity contribution is 5.24. The van der Waals surface area contributed by atoms with Crippen LogP contribution >= 0.6 is 0 Å². The number of unbranched alkanes of at least 4 members (excludes halogenated alkanes) is 1. The predicted molar refractivity (Wildman–Crippen MR) is 75.5 cm³/mol. The molecule has 1 saturated carbocycles. The summed E-state index contributed by atoms with van der Waals surface area (Å²) in [6.45, 7) is 0.562. The van der Waals surface area contributed by atoms with Gasteiger partial charge >= 0.3 is 0 Å². The van der Waals surface area contributed by atoms with Crippen molar-refractivity contribution >= 4 is 0 Å². The molecule has 1 aromatic rings. The summed E-state index contributed by atoms with van der Waals surface area (Å²) in [7, 11) is 0. The molecule has 0 heterocycles. The second kappa shape index (κ2) is 6.60. The van der Waals surface area contributed by atoms with Crippen molar-refractivity contribution in [1.82, 2.24) is 0 Å². The maximum atomic E-state index is 10.9. The first kappa shape index (κ1) is 13.9. The van der Waals surface area contributed by atoms with E-state index < -0.39 is 5.60 Å². The summed E-state index contributed by atoms with van der Waals surface area (Å²) in [6, 6.07) is 10.0. The zero-order valence-corrected chi connectivity index (χ0v) is 11.2. The van der Waals surface area contributed by atoms with Gasteiger partial charge in [0.15, 0.2) is 0 Å². The lowest BCUT2D eigenvalue weighted by Gasteiger charge is -2.31. The third-order valence-corrected chi connectivity index (χ3v) is 4.18. The predicted octanol–water partition coefficient (Wildman–Crippen LogP) is 4.15. The highest BCUT2D eigenvalue weighted by atomic mass is 16.3. The van der Waals surface area contributed by atoms with E-state index in [0.717, 1.165) is 44.1 Å². The van der Waals surface area contributed by atoms with Gasteiger partial charge in [-0.1, -0.05) is 41.9 Å². The molecule has 1 aliphatic rings. The molecular weight excluding hydrogens is 238 g/mol. The number of rotatable bonds is 6. The molecule has 0 amide bonds. The first-order valence-corrected chi connectivity index (χ1v) is 7.06. The lowest BCUT2D eigenvalue weighted by Crippen LogP contribution is -2.30. The van der Waals surface area contributed by atoms with E-state index in [1.165, 1.54) is 0 Å². The van der Waals surface area contributed by atoms with Gasteiger partial charge in [-0.25, -0.2) is 0 Å². The Labute approximate surface area is 114 Å². The van der Waals surface area contributed by atoms with Crippen molar-refractivity contribution in [3.8, 4) is 0 Å². The molecule has 0 aromatic heterocycles. The van der Waals surface area contributed by atoms with E-state index in [2.05, 4.69) is 10.0 Å². The molecule has 0 aliphatic heterocycles. The van der Waals surface area contributed by atoms with Crippen molar-refractivity contribution in [2.24, 2.45) is 11.0 Å². The first-order chi connectivity index (χ1) is 9.27. The molecule has 0 radical (unpaired) electrons. The Balaban J connectivity index is 1.94. The third kappa shape index (κ3) is 3.28. The zero-order chi connectivity index (χ0) is 13.6. The van der Waals surface area contributed by atoms with Crippen molar-refractivity contribution in [1.29, 1.82) is 0 Å². The monoisotopic (exact) mass is 259 g/mol. The SMILES string of the molecule is [N-]=[N+]=NCCCC[C@@H]1CCC[C@@]1(O)c1ccccc1. The molecule has 0 bridgehead atoms. The van der Waals surface area contributed by atoms with E-state index in [4.69, 9.17) is 5.53 Å². The van der Waals surface area contributed by atoms with Crippen molar-refractivity contribution in [3.05, 3.63) is 46.3 Å². The van der Waals surface area contributed by atoms with Crippen LogP contribution in [0.25, 0.3) is 10.4 Å². The first-order valence-electron chi connectivity index (χ1n) is 7.06. The van der Waals surface area contributed by atoms with E-state index >= 15 is 0 Å². The second-order valence-corrected chi connectivity index (χ2v) is 5.33. The van der Waals surface area contributed by atoms with Crippen LogP contribution in [0.3, 0.4) is 0 Å². The minimum absolute atomic E-state index is 0.334. The summed E-state index contributed by atoms with van der Waals surface area (Å²) in [5.74, 6) is 0.334. The standard InChI is InChI=1S/C15H21N3O/c16-18-17-12-5-4-9-14-10-6-11-15(14,19)13-7-2-1-3-8-13/h1-3,7-8,14,19H,4-6,9-12H2/t14-,15-/m1/s1. The molecule has 102 valence electrons. The molecule has 4 heteroatoms. The number of aliphatic hydroxyl groups is 1. The zero-order valence-electron chi connectivity index (χ0n) is 11.2. The smallest absolute Gasteiger partial charge is 0.0924 e. The summed E-state index contributed by atoms with van der Waals surface area (Å²) >= 11 is 0. The minimum Gasteiger partial charge on any atom is -0.385 e. The van der Waals surface area contributed by atoms with Crippen LogP contribution in [0.2, 0.25) is 0 Å². The maximum Gasteiger partial charge on any atom is 0.0924 e. The molecule has 1 aromatic carbocycles. The summed E-state index contributed by atoms with van der Waals surface area (Å²) in [4.78, 5) is 2.76. The number of azide groups is 1. The average Bonchev–Trinajstić information content (AvgIpc) is 2.82. The molecule has 2 rings (SSSR count). The van der Waals surface area contributed by atoms with Gasteiger partial charge in [0.2, 0.25) is 0 Å². The van der Waals surface area contributed by atoms with E-state index in [1.807, 2.05) is 30.3 Å². The molecular formula is C15H21N3O. The Morgan fingerprint density at radius 2 is 2.11 bits per heavy atom. The van der Waals surface area contributed by atoms with E-state index in [0.29, 0.717) is 12.5 Å². The van der Waals surface area contributed by atoms with Crippen LogP contribution < -0.4 is 0 Å². The van der Waals surface area contributed by atoms with Gasteiger partial charge in [-0.3, -0.25) is 0 Å². The Morgan fingerprint density at radius 3 is 2.84 bits per heavy atom. The number of benzene rings is 1. The van der Waals surface area contributed by atoms with E-state index in [9.17, 15) is 5.11 Å². The maximum absolute atomic E-state index is 10.9. The summed E-state index contributed by atoms with van der Waals surface area (Å²) in [5, 5.41) is 14.5. The van der Waals surface area contributed by atoms with Gasteiger partial charge < -0.3 is 5.11 Å². The quantitative estimate of drug-likeness (QED) is 0.354. The fraction of sp³-hybridized carbons (Fsp3) is 0.600. The van der Waals surface area contributed by atoms with Crippen molar-refractivity contribution in [3.63, 3.8) is 0 Å². The molecule has 0 spiro atoms. The Bertz CT molecular complexity index is 442. The van der Waals surface area contributed by atoms with Gasteiger partial charge in [0, 0.05) is 11.5 Å². The van der Waals surface area contributed by atoms with Gasteiger partial charge in [-0.05, 0) is 49.1 Å². The van der Waals surface area contributed by atoms with Gasteiger partial charge in [0.05, 0.1) is 5.60 Å². The highest BCUT2D eigenvalue weighted by Crippen LogP contribution is 2.45. The second-order valence-electron chi connectivity index (χ2n) is 5.33. The largest absolute Gasteiger partial charge is 0.385 e. The fourth-order valence-corrected chi connectivity index (χ4v) is 3.17. The molecule has 0 unspecified atom stereocenters. The van der Waals surface area contributed by atoms with Crippen LogP contribution in [0.5, 0.6) is 0 Å². The van der Waals surface area contributed by atoms with Crippen LogP contribution in [0.15, 0.2) is 35.4 Å². The highest BCUT2D eigenvalue weighted by Gasteiger charge is 2.41. The Kier molecular flexibility index (Phi) is 4.83. The van der Waals surface area contributed by atoms with Gasteiger partial charge in [-0.15, -0.1) is 0 Å². The van der Waals surface area contributed by atoms with Gasteiger partial charge in [0.1, 0.15) is 0 Å². The summed E-state index contributed by atoms with van der Waals surface area (Å²) in [5.41, 5.74) is 8.62. The van der Waals surface area contributed by atoms with Crippen LogP contribution in [0, 0.1) is 5.92 Å². The topological polar surface area (TPSA) is 69.0 Å². The van der Waals surface area contributed by atoms with E-state index in [1.54, 1.807) is 0 Å². The average molecular weight is 259 g/mol. The fourth-order valence-electron chi connectivity index (χ4n) is 3.17. The molecule has 4 nitrogen and oxygen atoms in total. The van der Waals surface area contributed by atoms with Crippen molar-refractivity contribution in [2.45, 2.75) is 44.1 Å². The Morgan fingerprint density at radius 1 is 1.32 bits per heavy atom. The molecule has 2 atom stereocenters. The lowest BCUT2D eigenvalue weighted by molar-refractivity contribution is -0.00646. The molecule has 1 fully saturated rings. The van der Waals surface area contributed by atoms with Crippen LogP contribution in [-0.4, -0.2) is 11.7 Å². The molecule has 1 N–H and O–H groups in total. The molecule has 1 aliphatic carbocycles. The number of nitrogens with zero attached hydrogens (tertiary/aromatic N) is 3. The number of hydrogen-bond acceptors (Lipinski definition) is 2. The van der Waals surface area contributed by atoms with Crippen molar-refractivity contribution in [2.75, 3.05) is 6.54 Å². The molecule has 19 heavy (non-hydrogen) atoms. The van der Waals surface area contributed by atoms with Gasteiger partial charge in [-0.2, -0.15) is 0 Å². The minimum atomic E-state index is -0.653. The number of hydrogen-bond donors (Lipinski definition) is 1. The van der Waals surface area contributed by atoms with Crippen LogP contribution in [0.1, 0.15) is 44.1 Å². The lowest BCUT2D eigenvalue weighted by atomic mass is 9.81. The van der Waals surface area contributed by atoms with Crippen LogP contribution in [0.4, 0.5) is 0 Å². The van der Waals surface area contributed by atoms with Crippen molar-refractivity contribution < 1.29 is 5.11 Å². The van der Waals surface area contributed by atoms with Gasteiger partial charge in [0.25, 0.3) is 0 Å². The Hall–Kier alpha value is -1.51. The van der Waals surface area contributed by atoms with E-state index in [-0.39, 0.29) is 0 Å². The third-order valence-electron chi connectivity index (χ3n) is 4.18. The summed E-state index contributed by atoms with van der Waals surface area (Å²) < 4.78 is 0.